The van der Waals surface area contributed by atoms with E-state index in [4.69, 9.17) is 0 Å². The molecule has 6 heteroatoms. The van der Waals surface area contributed by atoms with Crippen LogP contribution in [0.5, 0.6) is 0 Å². The Kier molecular flexibility index (Phi) is 4.86. The number of aliphatic carboxylic acids is 1. The molecular weight excluding hydrogens is 390 g/mol. The van der Waals surface area contributed by atoms with Crippen LogP contribution in [-0.4, -0.2) is 17.0 Å². The Morgan fingerprint density at radius 2 is 1.75 bits per heavy atom. The first kappa shape index (κ1) is 15.5. The van der Waals surface area contributed by atoms with Crippen LogP contribution < -0.4 is 5.32 Å². The zero-order valence-corrected chi connectivity index (χ0v) is 14.1. The molecular formula is C14H15Br2NO3. The molecule has 0 bridgehead atoms. The number of halogens is 2. The van der Waals surface area contributed by atoms with Gasteiger partial charge in [0.1, 0.15) is 0 Å². The minimum absolute atomic E-state index is 0.227. The predicted octanol–water partition coefficient (Wildman–Crippen LogP) is 3.90. The van der Waals surface area contributed by atoms with E-state index >= 15 is 0 Å². The van der Waals surface area contributed by atoms with Crippen LogP contribution in [0.1, 0.15) is 19.8 Å². The number of para-hydroxylation sites is 1. The fourth-order valence-corrected chi connectivity index (χ4v) is 3.88. The van der Waals surface area contributed by atoms with Crippen LogP contribution >= 0.6 is 31.9 Å². The van der Waals surface area contributed by atoms with Crippen LogP contribution in [0.4, 0.5) is 5.69 Å². The van der Waals surface area contributed by atoms with E-state index in [2.05, 4.69) is 37.2 Å². The number of benzene rings is 1. The number of nitrogens with one attached hydrogen (secondary N) is 1. The molecule has 20 heavy (non-hydrogen) atoms. The fraction of sp³-hybridized carbons (Fsp3) is 0.429. The minimum Gasteiger partial charge on any atom is -0.481 e. The van der Waals surface area contributed by atoms with Crippen molar-refractivity contribution in [3.63, 3.8) is 0 Å². The van der Waals surface area contributed by atoms with E-state index in [9.17, 15) is 14.7 Å². The van der Waals surface area contributed by atoms with Gasteiger partial charge < -0.3 is 10.4 Å². The van der Waals surface area contributed by atoms with E-state index in [0.717, 1.165) is 8.95 Å². The fourth-order valence-electron chi connectivity index (χ4n) is 2.69. The molecule has 1 aromatic carbocycles. The van der Waals surface area contributed by atoms with Crippen LogP contribution in [0.25, 0.3) is 0 Å². The highest BCUT2D eigenvalue weighted by Gasteiger charge is 2.41. The molecule has 0 aromatic heterocycles. The third kappa shape index (κ3) is 3.23. The number of anilines is 1. The molecule has 108 valence electrons. The smallest absolute Gasteiger partial charge is 0.307 e. The Hall–Kier alpha value is -0.880. The van der Waals surface area contributed by atoms with Crippen molar-refractivity contribution < 1.29 is 14.7 Å². The number of hydrogen-bond donors (Lipinski definition) is 2. The van der Waals surface area contributed by atoms with Gasteiger partial charge in [0.05, 0.1) is 17.5 Å². The largest absolute Gasteiger partial charge is 0.481 e. The molecule has 0 aliphatic heterocycles. The van der Waals surface area contributed by atoms with Crippen molar-refractivity contribution in [1.29, 1.82) is 0 Å². The molecule has 2 N–H and O–H groups in total. The number of hydrogen-bond acceptors (Lipinski definition) is 2. The third-order valence-corrected chi connectivity index (χ3v) is 4.98. The SMILES string of the molecule is CC1CC(C(=O)O)C(C(=O)Nc2c(Br)cccc2Br)C1. The summed E-state index contributed by atoms with van der Waals surface area (Å²) >= 11 is 6.76. The van der Waals surface area contributed by atoms with E-state index in [1.165, 1.54) is 0 Å². The van der Waals surface area contributed by atoms with Crippen LogP contribution in [0, 0.1) is 17.8 Å². The van der Waals surface area contributed by atoms with Gasteiger partial charge in [-0.2, -0.15) is 0 Å². The summed E-state index contributed by atoms with van der Waals surface area (Å²) in [7, 11) is 0. The lowest BCUT2D eigenvalue weighted by Crippen LogP contribution is -2.30. The maximum absolute atomic E-state index is 12.4. The van der Waals surface area contributed by atoms with Crippen molar-refractivity contribution >= 4 is 49.4 Å². The maximum atomic E-state index is 12.4. The first-order chi connectivity index (χ1) is 9.40. The second-order valence-electron chi connectivity index (χ2n) is 5.21. The zero-order valence-electron chi connectivity index (χ0n) is 10.9. The standard InChI is InChI=1S/C14H15Br2NO3/c1-7-5-8(9(6-7)14(19)20)13(18)17-12-10(15)3-2-4-11(12)16/h2-4,7-9H,5-6H2,1H3,(H,17,18)(H,19,20). The molecule has 0 spiro atoms. The monoisotopic (exact) mass is 403 g/mol. The van der Waals surface area contributed by atoms with Crippen LogP contribution in [0.15, 0.2) is 27.1 Å². The molecule has 1 saturated carbocycles. The lowest BCUT2D eigenvalue weighted by Gasteiger charge is -2.17. The molecule has 3 atom stereocenters. The summed E-state index contributed by atoms with van der Waals surface area (Å²) in [5.74, 6) is -1.92. The molecule has 1 amide bonds. The van der Waals surface area contributed by atoms with Crippen molar-refractivity contribution in [2.24, 2.45) is 17.8 Å². The van der Waals surface area contributed by atoms with Gasteiger partial charge in [0, 0.05) is 8.95 Å². The Bertz CT molecular complexity index is 527. The molecule has 2 rings (SSSR count). The molecule has 3 unspecified atom stereocenters. The molecule has 1 aromatic rings. The first-order valence-corrected chi connectivity index (χ1v) is 7.96. The summed E-state index contributed by atoms with van der Waals surface area (Å²) in [5.41, 5.74) is 0.640. The van der Waals surface area contributed by atoms with Gasteiger partial charge in [-0.1, -0.05) is 13.0 Å². The Labute approximate surface area is 134 Å². The summed E-state index contributed by atoms with van der Waals surface area (Å²) in [6.07, 6.45) is 1.18. The highest BCUT2D eigenvalue weighted by atomic mass is 79.9. The molecule has 1 aliphatic carbocycles. The average molecular weight is 405 g/mol. The third-order valence-electron chi connectivity index (χ3n) is 3.66. The van der Waals surface area contributed by atoms with Gasteiger partial charge in [0.25, 0.3) is 0 Å². The zero-order chi connectivity index (χ0) is 14.9. The quantitative estimate of drug-likeness (QED) is 0.802. The number of carbonyl (C=O) groups is 2. The summed E-state index contributed by atoms with van der Waals surface area (Å²) in [6.45, 7) is 1.98. The van der Waals surface area contributed by atoms with Crippen LogP contribution in [0.2, 0.25) is 0 Å². The van der Waals surface area contributed by atoms with Crippen molar-refractivity contribution in [3.8, 4) is 0 Å². The van der Waals surface area contributed by atoms with Crippen molar-refractivity contribution in [2.45, 2.75) is 19.8 Å². The van der Waals surface area contributed by atoms with Crippen LogP contribution in [-0.2, 0) is 9.59 Å². The number of carboxylic acids is 1. The predicted molar refractivity (Wildman–Crippen MR) is 83.5 cm³/mol. The molecule has 1 aliphatic rings. The van der Waals surface area contributed by atoms with Gasteiger partial charge in [0.15, 0.2) is 0 Å². The molecule has 1 fully saturated rings. The second-order valence-corrected chi connectivity index (χ2v) is 6.92. The van der Waals surface area contributed by atoms with E-state index in [1.807, 2.05) is 25.1 Å². The number of rotatable bonds is 3. The Morgan fingerprint density at radius 3 is 2.30 bits per heavy atom. The van der Waals surface area contributed by atoms with Gasteiger partial charge in [-0.05, 0) is 62.8 Å². The van der Waals surface area contributed by atoms with E-state index < -0.39 is 17.8 Å². The summed E-state index contributed by atoms with van der Waals surface area (Å²) in [5, 5.41) is 12.1. The Balaban J connectivity index is 2.18. The summed E-state index contributed by atoms with van der Waals surface area (Å²) in [4.78, 5) is 23.6. The van der Waals surface area contributed by atoms with Gasteiger partial charge in [-0.15, -0.1) is 0 Å². The van der Waals surface area contributed by atoms with Crippen molar-refractivity contribution in [1.82, 2.24) is 0 Å². The maximum Gasteiger partial charge on any atom is 0.307 e. The highest BCUT2D eigenvalue weighted by Crippen LogP contribution is 2.38. The normalized spacial score (nSPS) is 25.4. The average Bonchev–Trinajstić information content (AvgIpc) is 2.76. The molecule has 0 saturated heterocycles. The lowest BCUT2D eigenvalue weighted by molar-refractivity contribution is -0.145. The van der Waals surface area contributed by atoms with E-state index in [0.29, 0.717) is 18.5 Å². The first-order valence-electron chi connectivity index (χ1n) is 6.37. The van der Waals surface area contributed by atoms with E-state index in [-0.39, 0.29) is 11.8 Å². The highest BCUT2D eigenvalue weighted by molar-refractivity contribution is 9.11. The van der Waals surface area contributed by atoms with E-state index in [1.54, 1.807) is 0 Å². The Morgan fingerprint density at radius 1 is 1.20 bits per heavy atom. The van der Waals surface area contributed by atoms with Crippen LogP contribution in [0.3, 0.4) is 0 Å². The number of carbonyl (C=O) groups excluding carboxylic acids is 1. The van der Waals surface area contributed by atoms with Crippen molar-refractivity contribution in [3.05, 3.63) is 27.1 Å². The molecule has 0 heterocycles. The number of carboxylic acid groups (broad SMARTS) is 1. The second kappa shape index (κ2) is 6.26. The molecule has 0 radical (unpaired) electrons. The van der Waals surface area contributed by atoms with Crippen molar-refractivity contribution in [2.75, 3.05) is 5.32 Å². The van der Waals surface area contributed by atoms with Gasteiger partial charge in [-0.25, -0.2) is 0 Å². The van der Waals surface area contributed by atoms with Gasteiger partial charge >= 0.3 is 5.97 Å². The summed E-state index contributed by atoms with van der Waals surface area (Å²) in [6, 6.07) is 5.50. The number of amides is 1. The minimum atomic E-state index is -0.888. The summed E-state index contributed by atoms with van der Waals surface area (Å²) < 4.78 is 1.52. The topological polar surface area (TPSA) is 66.4 Å². The molecule has 4 nitrogen and oxygen atoms in total. The van der Waals surface area contributed by atoms with Gasteiger partial charge in [-0.3, -0.25) is 9.59 Å². The van der Waals surface area contributed by atoms with Gasteiger partial charge in [0.2, 0.25) is 5.91 Å². The lowest BCUT2D eigenvalue weighted by atomic mass is 9.95.